The maximum Gasteiger partial charge on any atom is 0.123 e. The normalized spacial score (nSPS) is 13.5. The van der Waals surface area contributed by atoms with E-state index in [2.05, 4.69) is 53.1 Å². The SMILES string of the molecule is Cc1c(-c2cccc(Cl)c2)c(C)c(N2CCN(c3ccccc3)CC2)c(C#N)c1-c1ccc(F)cc1. The van der Waals surface area contributed by atoms with E-state index in [0.29, 0.717) is 10.6 Å². The number of benzene rings is 4. The fourth-order valence-corrected chi connectivity index (χ4v) is 5.59. The van der Waals surface area contributed by atoms with Crippen LogP contribution >= 0.6 is 11.6 Å². The molecule has 1 fully saturated rings. The maximum absolute atomic E-state index is 13.8. The molecule has 36 heavy (non-hydrogen) atoms. The summed E-state index contributed by atoms with van der Waals surface area (Å²) in [5, 5.41) is 11.1. The lowest BCUT2D eigenvalue weighted by molar-refractivity contribution is 0.628. The molecular weight excluding hydrogens is 469 g/mol. The van der Waals surface area contributed by atoms with Gasteiger partial charge in [0.2, 0.25) is 0 Å². The molecule has 1 saturated heterocycles. The fourth-order valence-electron chi connectivity index (χ4n) is 5.40. The minimum absolute atomic E-state index is 0.297. The number of nitriles is 1. The maximum atomic E-state index is 13.8. The lowest BCUT2D eigenvalue weighted by Crippen LogP contribution is -2.47. The topological polar surface area (TPSA) is 30.3 Å². The van der Waals surface area contributed by atoms with Crippen molar-refractivity contribution in [2.75, 3.05) is 36.0 Å². The van der Waals surface area contributed by atoms with Crippen molar-refractivity contribution in [2.24, 2.45) is 0 Å². The summed E-state index contributed by atoms with van der Waals surface area (Å²) in [5.41, 5.74) is 8.60. The number of hydrogen-bond donors (Lipinski definition) is 0. The van der Waals surface area contributed by atoms with Gasteiger partial charge < -0.3 is 9.80 Å². The summed E-state index contributed by atoms with van der Waals surface area (Å²) < 4.78 is 13.8. The number of rotatable bonds is 4. The predicted octanol–water partition coefficient (Wildman–Crippen LogP) is 7.63. The molecule has 1 heterocycles. The molecule has 0 aromatic heterocycles. The molecule has 0 saturated carbocycles. The van der Waals surface area contributed by atoms with E-state index in [-0.39, 0.29) is 5.82 Å². The molecule has 0 amide bonds. The Labute approximate surface area is 217 Å². The first kappa shape index (κ1) is 23.9. The quantitative estimate of drug-likeness (QED) is 0.291. The van der Waals surface area contributed by atoms with Crippen LogP contribution < -0.4 is 9.80 Å². The summed E-state index contributed by atoms with van der Waals surface area (Å²) in [7, 11) is 0. The van der Waals surface area contributed by atoms with Crippen molar-refractivity contribution in [3.8, 4) is 28.3 Å². The Morgan fingerprint density at radius 2 is 1.42 bits per heavy atom. The Hall–Kier alpha value is -3.81. The molecule has 3 nitrogen and oxygen atoms in total. The van der Waals surface area contributed by atoms with Crippen LogP contribution in [0, 0.1) is 31.0 Å². The molecule has 0 atom stereocenters. The molecule has 0 spiro atoms. The fraction of sp³-hybridized carbons (Fsp3) is 0.194. The standard InChI is InChI=1S/C31H27ClFN3/c1-21-29(24-7-6-8-25(32)19-24)22(2)31(28(20-34)30(21)23-11-13-26(33)14-12-23)36-17-15-35(16-18-36)27-9-4-3-5-10-27/h3-14,19H,15-18H2,1-2H3. The second-order valence-electron chi connectivity index (χ2n) is 9.16. The van der Waals surface area contributed by atoms with E-state index < -0.39 is 0 Å². The molecule has 5 heteroatoms. The summed E-state index contributed by atoms with van der Waals surface area (Å²) in [5.74, 6) is -0.297. The highest BCUT2D eigenvalue weighted by atomic mass is 35.5. The van der Waals surface area contributed by atoms with E-state index in [0.717, 1.165) is 65.2 Å². The van der Waals surface area contributed by atoms with Crippen LogP contribution in [0.15, 0.2) is 78.9 Å². The zero-order valence-corrected chi connectivity index (χ0v) is 21.2. The Balaban J connectivity index is 1.66. The molecule has 0 unspecified atom stereocenters. The highest BCUT2D eigenvalue weighted by molar-refractivity contribution is 6.30. The van der Waals surface area contributed by atoms with Gasteiger partial charge in [0.05, 0.1) is 11.3 Å². The van der Waals surface area contributed by atoms with Gasteiger partial charge in [-0.1, -0.05) is 54.1 Å². The largest absolute Gasteiger partial charge is 0.368 e. The van der Waals surface area contributed by atoms with E-state index in [4.69, 9.17) is 11.6 Å². The van der Waals surface area contributed by atoms with E-state index >= 15 is 0 Å². The summed E-state index contributed by atoms with van der Waals surface area (Å²) in [6.45, 7) is 7.45. The molecule has 4 aromatic rings. The summed E-state index contributed by atoms with van der Waals surface area (Å²) >= 11 is 6.38. The molecule has 1 aliphatic heterocycles. The second kappa shape index (κ2) is 10.0. The van der Waals surface area contributed by atoms with Crippen molar-refractivity contribution in [1.82, 2.24) is 0 Å². The molecule has 0 bridgehead atoms. The summed E-state index contributed by atoms with van der Waals surface area (Å²) in [6, 6.07) is 27.2. The third kappa shape index (κ3) is 4.43. The van der Waals surface area contributed by atoms with Gasteiger partial charge in [0, 0.05) is 42.5 Å². The van der Waals surface area contributed by atoms with Crippen molar-refractivity contribution < 1.29 is 4.39 Å². The highest BCUT2D eigenvalue weighted by Gasteiger charge is 2.27. The third-order valence-electron chi connectivity index (χ3n) is 7.04. The molecule has 0 radical (unpaired) electrons. The second-order valence-corrected chi connectivity index (χ2v) is 9.60. The third-order valence-corrected chi connectivity index (χ3v) is 7.28. The zero-order valence-electron chi connectivity index (χ0n) is 20.4. The number of piperazine rings is 1. The number of halogens is 2. The first-order valence-electron chi connectivity index (χ1n) is 12.1. The van der Waals surface area contributed by atoms with Crippen LogP contribution in [0.4, 0.5) is 15.8 Å². The molecule has 0 N–H and O–H groups in total. The zero-order chi connectivity index (χ0) is 25.2. The van der Waals surface area contributed by atoms with Crippen LogP contribution in [0.2, 0.25) is 5.02 Å². The highest BCUT2D eigenvalue weighted by Crippen LogP contribution is 2.44. The minimum atomic E-state index is -0.297. The molecule has 1 aliphatic rings. The van der Waals surface area contributed by atoms with Gasteiger partial charge in [0.1, 0.15) is 11.9 Å². The first-order valence-corrected chi connectivity index (χ1v) is 12.5. The van der Waals surface area contributed by atoms with Crippen molar-refractivity contribution in [3.05, 3.63) is 106 Å². The number of hydrogen-bond acceptors (Lipinski definition) is 3. The van der Waals surface area contributed by atoms with Crippen LogP contribution in [0.1, 0.15) is 16.7 Å². The molecule has 0 aliphatic carbocycles. The number of anilines is 2. The van der Waals surface area contributed by atoms with Gasteiger partial charge in [-0.05, 0) is 78.1 Å². The van der Waals surface area contributed by atoms with Gasteiger partial charge in [0.15, 0.2) is 0 Å². The van der Waals surface area contributed by atoms with Gasteiger partial charge in [-0.3, -0.25) is 0 Å². The Morgan fingerprint density at radius 3 is 2.06 bits per heavy atom. The average Bonchev–Trinajstić information content (AvgIpc) is 2.90. The van der Waals surface area contributed by atoms with Crippen molar-refractivity contribution >= 4 is 23.0 Å². The van der Waals surface area contributed by atoms with Gasteiger partial charge in [-0.25, -0.2) is 4.39 Å². The first-order chi connectivity index (χ1) is 17.5. The van der Waals surface area contributed by atoms with Crippen LogP contribution in [-0.2, 0) is 0 Å². The van der Waals surface area contributed by atoms with Gasteiger partial charge in [0.25, 0.3) is 0 Å². The van der Waals surface area contributed by atoms with Gasteiger partial charge in [-0.15, -0.1) is 0 Å². The lowest BCUT2D eigenvalue weighted by Gasteiger charge is -2.39. The smallest absolute Gasteiger partial charge is 0.123 e. The van der Waals surface area contributed by atoms with Crippen LogP contribution in [0.3, 0.4) is 0 Å². The van der Waals surface area contributed by atoms with Gasteiger partial charge >= 0.3 is 0 Å². The number of nitrogens with zero attached hydrogens (tertiary/aromatic N) is 3. The molecule has 180 valence electrons. The summed E-state index contributed by atoms with van der Waals surface area (Å²) in [4.78, 5) is 4.71. The van der Waals surface area contributed by atoms with E-state index in [1.54, 1.807) is 12.1 Å². The molecular formula is C31H27ClFN3. The Morgan fingerprint density at radius 1 is 0.750 bits per heavy atom. The summed E-state index contributed by atoms with van der Waals surface area (Å²) in [6.07, 6.45) is 0. The van der Waals surface area contributed by atoms with Crippen molar-refractivity contribution in [1.29, 1.82) is 5.26 Å². The Kier molecular flexibility index (Phi) is 6.67. The van der Waals surface area contributed by atoms with E-state index in [1.807, 2.05) is 31.2 Å². The van der Waals surface area contributed by atoms with Gasteiger partial charge in [-0.2, -0.15) is 5.26 Å². The van der Waals surface area contributed by atoms with Crippen LogP contribution in [0.5, 0.6) is 0 Å². The Bertz CT molecular complexity index is 1430. The average molecular weight is 496 g/mol. The number of para-hydroxylation sites is 1. The monoisotopic (exact) mass is 495 g/mol. The van der Waals surface area contributed by atoms with Crippen LogP contribution in [-0.4, -0.2) is 26.2 Å². The van der Waals surface area contributed by atoms with E-state index in [9.17, 15) is 9.65 Å². The molecule has 5 rings (SSSR count). The van der Waals surface area contributed by atoms with Crippen molar-refractivity contribution in [2.45, 2.75) is 13.8 Å². The van der Waals surface area contributed by atoms with E-state index in [1.165, 1.54) is 17.8 Å². The van der Waals surface area contributed by atoms with Crippen molar-refractivity contribution in [3.63, 3.8) is 0 Å². The minimum Gasteiger partial charge on any atom is -0.368 e. The lowest BCUT2D eigenvalue weighted by atomic mass is 9.84. The molecule has 4 aromatic carbocycles. The predicted molar refractivity (Wildman–Crippen MR) is 147 cm³/mol. The van der Waals surface area contributed by atoms with Crippen LogP contribution in [0.25, 0.3) is 22.3 Å².